The van der Waals surface area contributed by atoms with Gasteiger partial charge in [-0.15, -0.1) is 0 Å². The van der Waals surface area contributed by atoms with Gasteiger partial charge in [-0.25, -0.2) is 13.1 Å². The molecule has 4 nitrogen and oxygen atoms in total. The van der Waals surface area contributed by atoms with E-state index < -0.39 is 10.0 Å². The van der Waals surface area contributed by atoms with Crippen LogP contribution in [0.1, 0.15) is 25.7 Å². The average Bonchev–Trinajstić information content (AvgIpc) is 2.79. The van der Waals surface area contributed by atoms with E-state index in [1.54, 1.807) is 0 Å². The third-order valence-electron chi connectivity index (χ3n) is 3.16. The van der Waals surface area contributed by atoms with Gasteiger partial charge >= 0.3 is 0 Å². The number of rotatable bonds is 4. The molecule has 2 N–H and O–H groups in total. The largest absolute Gasteiger partial charge is 0.508 e. The smallest absolute Gasteiger partial charge is 0.240 e. The fraction of sp³-hybridized carbons (Fsp3) is 0.500. The normalized spacial score (nSPS) is 17.4. The van der Waals surface area contributed by atoms with Gasteiger partial charge in [-0.3, -0.25) is 0 Å². The zero-order chi connectivity index (χ0) is 12.3. The number of benzene rings is 1. The number of hydrogen-bond donors (Lipinski definition) is 2. The molecule has 0 heterocycles. The lowest BCUT2D eigenvalue weighted by atomic mass is 10.1. The quantitative estimate of drug-likeness (QED) is 0.863. The highest BCUT2D eigenvalue weighted by Gasteiger charge is 2.19. The van der Waals surface area contributed by atoms with Gasteiger partial charge in [0, 0.05) is 6.54 Å². The van der Waals surface area contributed by atoms with Gasteiger partial charge in [0.2, 0.25) is 10.0 Å². The van der Waals surface area contributed by atoms with Gasteiger partial charge in [-0.1, -0.05) is 18.9 Å². The van der Waals surface area contributed by atoms with Crippen molar-refractivity contribution < 1.29 is 13.5 Å². The first kappa shape index (κ1) is 12.4. The molecule has 5 heteroatoms. The van der Waals surface area contributed by atoms with Crippen molar-refractivity contribution in [3.63, 3.8) is 0 Å². The monoisotopic (exact) mass is 255 g/mol. The first-order valence-electron chi connectivity index (χ1n) is 5.86. The van der Waals surface area contributed by atoms with E-state index in [9.17, 15) is 13.5 Å². The lowest BCUT2D eigenvalue weighted by Gasteiger charge is -2.11. The van der Waals surface area contributed by atoms with E-state index >= 15 is 0 Å². The molecule has 0 radical (unpaired) electrons. The predicted octanol–water partition coefficient (Wildman–Crippen LogP) is 1.86. The Bertz CT molecular complexity index is 478. The van der Waals surface area contributed by atoms with Crippen molar-refractivity contribution in [3.05, 3.63) is 24.3 Å². The molecule has 17 heavy (non-hydrogen) atoms. The molecule has 0 unspecified atom stereocenters. The summed E-state index contributed by atoms with van der Waals surface area (Å²) in [5.74, 6) is 0.427. The molecule has 0 atom stereocenters. The summed E-state index contributed by atoms with van der Waals surface area (Å²) in [4.78, 5) is 0.121. The molecule has 0 bridgehead atoms. The van der Waals surface area contributed by atoms with Crippen molar-refractivity contribution in [1.29, 1.82) is 0 Å². The van der Waals surface area contributed by atoms with Crippen LogP contribution in [0, 0.1) is 5.92 Å². The zero-order valence-corrected chi connectivity index (χ0v) is 10.4. The Hall–Kier alpha value is -1.07. The van der Waals surface area contributed by atoms with Crippen LogP contribution >= 0.6 is 0 Å². The van der Waals surface area contributed by atoms with Gasteiger partial charge in [-0.05, 0) is 37.0 Å². The molecule has 0 aliphatic heterocycles. The number of nitrogens with one attached hydrogen (secondary N) is 1. The Morgan fingerprint density at radius 2 is 2.00 bits per heavy atom. The topological polar surface area (TPSA) is 66.4 Å². The van der Waals surface area contributed by atoms with E-state index in [1.807, 2.05) is 0 Å². The highest BCUT2D eigenvalue weighted by atomic mass is 32.2. The van der Waals surface area contributed by atoms with Crippen molar-refractivity contribution in [2.24, 2.45) is 5.92 Å². The van der Waals surface area contributed by atoms with E-state index in [0.29, 0.717) is 12.5 Å². The van der Waals surface area contributed by atoms with Crippen LogP contribution in [-0.2, 0) is 10.0 Å². The highest BCUT2D eigenvalue weighted by molar-refractivity contribution is 7.89. The summed E-state index contributed by atoms with van der Waals surface area (Å²) < 4.78 is 26.4. The number of hydrogen-bond acceptors (Lipinski definition) is 3. The minimum atomic E-state index is -3.48. The van der Waals surface area contributed by atoms with Gasteiger partial charge in [0.25, 0.3) is 0 Å². The molecule has 0 aromatic heterocycles. The van der Waals surface area contributed by atoms with Crippen molar-refractivity contribution in [3.8, 4) is 5.75 Å². The summed E-state index contributed by atoms with van der Waals surface area (Å²) in [6, 6.07) is 5.73. The molecule has 1 aromatic rings. The standard InChI is InChI=1S/C12H17NO3S/c14-11-6-3-7-12(8-11)17(15,16)13-9-10-4-1-2-5-10/h3,6-8,10,13-14H,1-2,4-5,9H2. The molecule has 1 aliphatic rings. The Balaban J connectivity index is 2.03. The van der Waals surface area contributed by atoms with Crippen LogP contribution in [0.25, 0.3) is 0 Å². The Morgan fingerprint density at radius 3 is 2.65 bits per heavy atom. The van der Waals surface area contributed by atoms with Crippen molar-refractivity contribution in [2.45, 2.75) is 30.6 Å². The molecule has 1 fully saturated rings. The third kappa shape index (κ3) is 3.20. The minimum absolute atomic E-state index is 0.0336. The second-order valence-electron chi connectivity index (χ2n) is 4.50. The SMILES string of the molecule is O=S(=O)(NCC1CCCC1)c1cccc(O)c1. The van der Waals surface area contributed by atoms with Gasteiger partial charge in [0.15, 0.2) is 0 Å². The van der Waals surface area contributed by atoms with Gasteiger partial charge < -0.3 is 5.11 Å². The Labute approximate surface area is 102 Å². The molecule has 1 aliphatic carbocycles. The van der Waals surface area contributed by atoms with Crippen molar-refractivity contribution >= 4 is 10.0 Å². The summed E-state index contributed by atoms with van der Waals surface area (Å²) in [5.41, 5.74) is 0. The molecule has 1 aromatic carbocycles. The van der Waals surface area contributed by atoms with Gasteiger partial charge in [-0.2, -0.15) is 0 Å². The fourth-order valence-corrected chi connectivity index (χ4v) is 3.33. The minimum Gasteiger partial charge on any atom is -0.508 e. The van der Waals surface area contributed by atoms with Crippen LogP contribution in [0.5, 0.6) is 5.75 Å². The molecule has 1 saturated carbocycles. The summed E-state index contributed by atoms with van der Waals surface area (Å²) in [6.07, 6.45) is 4.59. The van der Waals surface area contributed by atoms with Crippen LogP contribution in [0.2, 0.25) is 0 Å². The van der Waals surface area contributed by atoms with E-state index in [0.717, 1.165) is 12.8 Å². The lowest BCUT2D eigenvalue weighted by Crippen LogP contribution is -2.28. The maximum Gasteiger partial charge on any atom is 0.240 e. The summed E-state index contributed by atoms with van der Waals surface area (Å²) >= 11 is 0. The molecular weight excluding hydrogens is 238 g/mol. The summed E-state index contributed by atoms with van der Waals surface area (Å²) in [5, 5.41) is 9.26. The third-order valence-corrected chi connectivity index (χ3v) is 4.59. The number of sulfonamides is 1. The zero-order valence-electron chi connectivity index (χ0n) is 9.59. The van der Waals surface area contributed by atoms with E-state index in [2.05, 4.69) is 4.72 Å². The maximum atomic E-state index is 11.9. The highest BCUT2D eigenvalue weighted by Crippen LogP contribution is 2.24. The summed E-state index contributed by atoms with van der Waals surface area (Å²) in [7, 11) is -3.48. The molecule has 2 rings (SSSR count). The number of aromatic hydroxyl groups is 1. The van der Waals surface area contributed by atoms with Crippen LogP contribution < -0.4 is 4.72 Å². The van der Waals surface area contributed by atoms with Crippen LogP contribution in [-0.4, -0.2) is 20.1 Å². The number of phenols is 1. The fourth-order valence-electron chi connectivity index (χ4n) is 2.18. The second-order valence-corrected chi connectivity index (χ2v) is 6.27. The van der Waals surface area contributed by atoms with Crippen LogP contribution in [0.3, 0.4) is 0 Å². The Kier molecular flexibility index (Phi) is 3.69. The lowest BCUT2D eigenvalue weighted by molar-refractivity contribution is 0.472. The predicted molar refractivity (Wildman–Crippen MR) is 65.3 cm³/mol. The summed E-state index contributed by atoms with van der Waals surface area (Å²) in [6.45, 7) is 0.498. The first-order valence-corrected chi connectivity index (χ1v) is 7.35. The van der Waals surface area contributed by atoms with Gasteiger partial charge in [0.1, 0.15) is 5.75 Å². The molecule has 0 spiro atoms. The van der Waals surface area contributed by atoms with Crippen molar-refractivity contribution in [2.75, 3.05) is 6.54 Å². The molecule has 0 saturated heterocycles. The van der Waals surface area contributed by atoms with E-state index in [1.165, 1.54) is 37.1 Å². The first-order chi connectivity index (χ1) is 8.08. The molecular formula is C12H17NO3S. The van der Waals surface area contributed by atoms with Crippen LogP contribution in [0.4, 0.5) is 0 Å². The Morgan fingerprint density at radius 1 is 1.29 bits per heavy atom. The van der Waals surface area contributed by atoms with Gasteiger partial charge in [0.05, 0.1) is 4.90 Å². The average molecular weight is 255 g/mol. The maximum absolute atomic E-state index is 11.9. The molecule has 94 valence electrons. The molecule has 0 amide bonds. The van der Waals surface area contributed by atoms with Crippen LogP contribution in [0.15, 0.2) is 29.2 Å². The number of phenolic OH excluding ortho intramolecular Hbond substituents is 1. The van der Waals surface area contributed by atoms with E-state index in [4.69, 9.17) is 0 Å². The van der Waals surface area contributed by atoms with Crippen molar-refractivity contribution in [1.82, 2.24) is 4.72 Å². The second kappa shape index (κ2) is 5.06. The van der Waals surface area contributed by atoms with E-state index in [-0.39, 0.29) is 10.6 Å².